The summed E-state index contributed by atoms with van der Waals surface area (Å²) in [4.78, 5) is 2.83. The van der Waals surface area contributed by atoms with Crippen molar-refractivity contribution in [3.05, 3.63) is 18.0 Å². The summed E-state index contributed by atoms with van der Waals surface area (Å²) in [6.45, 7) is 3.50. The van der Waals surface area contributed by atoms with E-state index in [0.29, 0.717) is 25.3 Å². The molecule has 0 spiro atoms. The minimum absolute atomic E-state index is 0.142. The van der Waals surface area contributed by atoms with Crippen LogP contribution in [0, 0.1) is 0 Å². The molecule has 6 nitrogen and oxygen atoms in total. The lowest BCUT2D eigenvalue weighted by molar-refractivity contribution is 0.130. The van der Waals surface area contributed by atoms with E-state index in [1.807, 2.05) is 0 Å². The van der Waals surface area contributed by atoms with Crippen LogP contribution in [0.25, 0.3) is 0 Å². The van der Waals surface area contributed by atoms with Gasteiger partial charge >= 0.3 is 0 Å². The summed E-state index contributed by atoms with van der Waals surface area (Å²) in [6, 6.07) is 1.42. The Morgan fingerprint density at radius 2 is 2.11 bits per heavy atom. The molecule has 19 heavy (non-hydrogen) atoms. The number of H-pyrrole nitrogens is 1. The second kappa shape index (κ2) is 8.31. The third-order valence-electron chi connectivity index (χ3n) is 2.60. The summed E-state index contributed by atoms with van der Waals surface area (Å²) in [5, 5.41) is 8.87. The van der Waals surface area contributed by atoms with Gasteiger partial charge in [-0.2, -0.15) is 0 Å². The first-order chi connectivity index (χ1) is 9.10. The van der Waals surface area contributed by atoms with E-state index in [0.717, 1.165) is 19.4 Å². The number of hydrogen-bond donors (Lipinski definition) is 3. The minimum Gasteiger partial charge on any atom is -0.390 e. The van der Waals surface area contributed by atoms with Crippen LogP contribution >= 0.6 is 0 Å². The van der Waals surface area contributed by atoms with Crippen LogP contribution in [-0.4, -0.2) is 38.3 Å². The highest BCUT2D eigenvalue weighted by atomic mass is 32.2. The van der Waals surface area contributed by atoms with Crippen molar-refractivity contribution in [3.63, 3.8) is 0 Å². The highest BCUT2D eigenvalue weighted by Crippen LogP contribution is 2.10. The second-order valence-electron chi connectivity index (χ2n) is 4.24. The number of rotatable bonds is 10. The number of aliphatic hydroxyl groups excluding tert-OH is 1. The Labute approximate surface area is 114 Å². The minimum atomic E-state index is -3.49. The highest BCUT2D eigenvalue weighted by molar-refractivity contribution is 7.89. The third-order valence-corrected chi connectivity index (χ3v) is 4.04. The number of aromatic amines is 1. The maximum absolute atomic E-state index is 11.8. The molecule has 1 aromatic heterocycles. The van der Waals surface area contributed by atoms with Crippen LogP contribution in [0.3, 0.4) is 0 Å². The number of aromatic nitrogens is 1. The summed E-state index contributed by atoms with van der Waals surface area (Å²) >= 11 is 0. The standard InChI is InChI=1S/C12H22N2O4S/c1-2-3-6-18-7-4-5-14-19(16,17)12-8-11(10-15)13-9-12/h8-9,13-15H,2-7,10H2,1H3. The van der Waals surface area contributed by atoms with E-state index >= 15 is 0 Å². The van der Waals surface area contributed by atoms with Gasteiger partial charge in [0.05, 0.1) is 11.5 Å². The first-order valence-corrected chi connectivity index (χ1v) is 7.94. The molecule has 110 valence electrons. The van der Waals surface area contributed by atoms with Crippen molar-refractivity contribution in [3.8, 4) is 0 Å². The van der Waals surface area contributed by atoms with Crippen LogP contribution in [0.5, 0.6) is 0 Å². The molecule has 0 saturated carbocycles. The van der Waals surface area contributed by atoms with E-state index in [-0.39, 0.29) is 11.5 Å². The molecule has 0 atom stereocenters. The maximum atomic E-state index is 11.8. The van der Waals surface area contributed by atoms with Gasteiger partial charge in [-0.05, 0) is 18.9 Å². The third kappa shape index (κ3) is 5.73. The molecule has 7 heteroatoms. The van der Waals surface area contributed by atoms with Crippen molar-refractivity contribution < 1.29 is 18.3 Å². The van der Waals surface area contributed by atoms with Gasteiger partial charge in [-0.3, -0.25) is 0 Å². The first kappa shape index (κ1) is 16.2. The summed E-state index contributed by atoms with van der Waals surface area (Å²) < 4.78 is 31.5. The highest BCUT2D eigenvalue weighted by Gasteiger charge is 2.14. The van der Waals surface area contributed by atoms with Gasteiger partial charge in [-0.15, -0.1) is 0 Å². The van der Waals surface area contributed by atoms with Crippen LogP contribution in [0.1, 0.15) is 31.9 Å². The van der Waals surface area contributed by atoms with Gasteiger partial charge in [0.25, 0.3) is 0 Å². The number of nitrogens with one attached hydrogen (secondary N) is 2. The number of ether oxygens (including phenoxy) is 1. The van der Waals surface area contributed by atoms with Crippen LogP contribution in [0.2, 0.25) is 0 Å². The van der Waals surface area contributed by atoms with Crippen molar-refractivity contribution in [2.45, 2.75) is 37.7 Å². The molecule has 0 aromatic carbocycles. The molecule has 0 unspecified atom stereocenters. The van der Waals surface area contributed by atoms with Gasteiger partial charge in [0, 0.05) is 31.6 Å². The van der Waals surface area contributed by atoms with Crippen LogP contribution in [-0.2, 0) is 21.4 Å². The van der Waals surface area contributed by atoms with Gasteiger partial charge in [0.1, 0.15) is 0 Å². The summed E-state index contributed by atoms with van der Waals surface area (Å²) in [5.74, 6) is 0. The molecule has 0 fully saturated rings. The van der Waals surface area contributed by atoms with Crippen molar-refractivity contribution >= 4 is 10.0 Å². The molecule has 0 amide bonds. The summed E-state index contributed by atoms with van der Waals surface area (Å²) in [7, 11) is -3.49. The zero-order chi connectivity index (χ0) is 14.1. The van der Waals surface area contributed by atoms with E-state index < -0.39 is 10.0 Å². The molecular weight excluding hydrogens is 268 g/mol. The molecule has 0 bridgehead atoms. The van der Waals surface area contributed by atoms with Gasteiger partial charge < -0.3 is 14.8 Å². The van der Waals surface area contributed by atoms with Crippen LogP contribution in [0.4, 0.5) is 0 Å². The number of hydrogen-bond acceptors (Lipinski definition) is 4. The average molecular weight is 290 g/mol. The molecule has 0 radical (unpaired) electrons. The molecule has 0 saturated heterocycles. The molecule has 3 N–H and O–H groups in total. The fourth-order valence-corrected chi connectivity index (χ4v) is 2.57. The zero-order valence-corrected chi connectivity index (χ0v) is 12.0. The predicted molar refractivity (Wildman–Crippen MR) is 72.2 cm³/mol. The Bertz CT molecular complexity index is 456. The molecule has 1 aromatic rings. The van der Waals surface area contributed by atoms with Gasteiger partial charge in [-0.25, -0.2) is 13.1 Å². The zero-order valence-electron chi connectivity index (χ0n) is 11.2. The maximum Gasteiger partial charge on any atom is 0.242 e. The van der Waals surface area contributed by atoms with Crippen molar-refractivity contribution in [2.24, 2.45) is 0 Å². The number of aliphatic hydroxyl groups is 1. The Morgan fingerprint density at radius 1 is 1.37 bits per heavy atom. The van der Waals surface area contributed by atoms with Crippen molar-refractivity contribution in [1.82, 2.24) is 9.71 Å². The first-order valence-electron chi connectivity index (χ1n) is 6.45. The molecule has 0 aliphatic rings. The van der Waals surface area contributed by atoms with Gasteiger partial charge in [-0.1, -0.05) is 13.3 Å². The Balaban J connectivity index is 2.27. The van der Waals surface area contributed by atoms with E-state index in [9.17, 15) is 8.42 Å². The average Bonchev–Trinajstić information content (AvgIpc) is 2.87. The molecule has 1 heterocycles. The normalized spacial score (nSPS) is 11.9. The monoisotopic (exact) mass is 290 g/mol. The Morgan fingerprint density at radius 3 is 2.74 bits per heavy atom. The molecule has 0 aliphatic heterocycles. The SMILES string of the molecule is CCCCOCCCNS(=O)(=O)c1c[nH]c(CO)c1. The smallest absolute Gasteiger partial charge is 0.242 e. The van der Waals surface area contributed by atoms with E-state index in [4.69, 9.17) is 9.84 Å². The number of sulfonamides is 1. The second-order valence-corrected chi connectivity index (χ2v) is 6.00. The fraction of sp³-hybridized carbons (Fsp3) is 0.667. The van der Waals surface area contributed by atoms with Crippen LogP contribution < -0.4 is 4.72 Å². The van der Waals surface area contributed by atoms with Gasteiger partial charge in [0.15, 0.2) is 0 Å². The lowest BCUT2D eigenvalue weighted by Crippen LogP contribution is -2.25. The van der Waals surface area contributed by atoms with E-state index in [1.54, 1.807) is 0 Å². The molecular formula is C12H22N2O4S. The fourth-order valence-electron chi connectivity index (χ4n) is 1.48. The molecule has 0 aliphatic carbocycles. The summed E-state index contributed by atoms with van der Waals surface area (Å²) in [5.41, 5.74) is 0.475. The van der Waals surface area contributed by atoms with Crippen molar-refractivity contribution in [2.75, 3.05) is 19.8 Å². The van der Waals surface area contributed by atoms with E-state index in [2.05, 4.69) is 16.6 Å². The quantitative estimate of drug-likeness (QED) is 0.560. The molecule has 1 rings (SSSR count). The van der Waals surface area contributed by atoms with E-state index in [1.165, 1.54) is 12.3 Å². The lowest BCUT2D eigenvalue weighted by Gasteiger charge is -2.05. The Kier molecular flexibility index (Phi) is 7.07. The van der Waals surface area contributed by atoms with Crippen LogP contribution in [0.15, 0.2) is 17.2 Å². The van der Waals surface area contributed by atoms with Gasteiger partial charge in [0.2, 0.25) is 10.0 Å². The number of unbranched alkanes of at least 4 members (excludes halogenated alkanes) is 1. The largest absolute Gasteiger partial charge is 0.390 e. The predicted octanol–water partition coefficient (Wildman–Crippen LogP) is 0.992. The van der Waals surface area contributed by atoms with Crippen molar-refractivity contribution in [1.29, 1.82) is 0 Å². The Hall–Kier alpha value is -0.890. The summed E-state index contributed by atoms with van der Waals surface area (Å²) in [6.07, 6.45) is 4.12. The lowest BCUT2D eigenvalue weighted by atomic mass is 10.4. The topological polar surface area (TPSA) is 91.4 Å².